The van der Waals surface area contributed by atoms with Crippen LogP contribution < -0.4 is 0 Å². The second-order valence-corrected chi connectivity index (χ2v) is 12.6. The number of ether oxygens (including phenoxy) is 2. The van der Waals surface area contributed by atoms with Gasteiger partial charge in [-0.15, -0.1) is 0 Å². The third kappa shape index (κ3) is 10.9. The van der Waals surface area contributed by atoms with Gasteiger partial charge in [0.25, 0.3) is 20.2 Å². The van der Waals surface area contributed by atoms with Gasteiger partial charge in [0.1, 0.15) is 24.4 Å². The summed E-state index contributed by atoms with van der Waals surface area (Å²) in [5, 5.41) is 0. The van der Waals surface area contributed by atoms with E-state index in [0.717, 1.165) is 38.2 Å². The molecule has 0 aromatic heterocycles. The van der Waals surface area contributed by atoms with Crippen molar-refractivity contribution in [3.63, 3.8) is 0 Å². The molecule has 1 aliphatic rings. The van der Waals surface area contributed by atoms with Crippen LogP contribution in [0.1, 0.15) is 80.1 Å². The van der Waals surface area contributed by atoms with Crippen molar-refractivity contribution in [1.29, 1.82) is 0 Å². The van der Waals surface area contributed by atoms with E-state index < -0.39 is 50.4 Å². The van der Waals surface area contributed by atoms with Crippen LogP contribution in [0, 0.1) is 11.8 Å². The predicted octanol–water partition coefficient (Wildman–Crippen LogP) is 3.85. The molecule has 0 aliphatic carbocycles. The number of rotatable bonds is 14. The normalized spacial score (nSPS) is 25.8. The van der Waals surface area contributed by atoms with Crippen molar-refractivity contribution < 1.29 is 34.7 Å². The van der Waals surface area contributed by atoms with E-state index in [9.17, 15) is 16.8 Å². The Bertz CT molecular complexity index is 685. The second kappa shape index (κ2) is 11.7. The van der Waals surface area contributed by atoms with Crippen molar-refractivity contribution in [1.82, 2.24) is 0 Å². The minimum Gasteiger partial charge on any atom is -0.342 e. The Morgan fingerprint density at radius 2 is 1.06 bits per heavy atom. The van der Waals surface area contributed by atoms with Gasteiger partial charge in [0.05, 0.1) is 12.5 Å². The molecule has 1 rings (SSSR count). The van der Waals surface area contributed by atoms with Gasteiger partial charge in [-0.3, -0.25) is 8.37 Å². The monoisotopic (exact) mass is 486 g/mol. The molecular weight excluding hydrogens is 444 g/mol. The summed E-state index contributed by atoms with van der Waals surface area (Å²) in [6.45, 7) is 11.8. The molecule has 0 unspecified atom stereocenters. The van der Waals surface area contributed by atoms with Crippen molar-refractivity contribution in [2.75, 3.05) is 12.5 Å². The maximum atomic E-state index is 12.0. The zero-order valence-corrected chi connectivity index (χ0v) is 21.9. The lowest BCUT2D eigenvalue weighted by Gasteiger charge is -2.30. The molecule has 10 heteroatoms. The molecular formula is C21H42O8S2. The van der Waals surface area contributed by atoms with Gasteiger partial charge in [-0.2, -0.15) is 16.8 Å². The van der Waals surface area contributed by atoms with E-state index in [2.05, 4.69) is 27.7 Å². The third-order valence-electron chi connectivity index (χ3n) is 5.78. The number of hydrogen-bond donors (Lipinski definition) is 0. The molecule has 0 N–H and O–H groups in total. The van der Waals surface area contributed by atoms with E-state index >= 15 is 0 Å². The maximum absolute atomic E-state index is 12.0. The molecule has 31 heavy (non-hydrogen) atoms. The van der Waals surface area contributed by atoms with Crippen molar-refractivity contribution in [2.45, 2.75) is 110 Å². The first kappa shape index (κ1) is 28.8. The highest BCUT2D eigenvalue weighted by atomic mass is 32.2. The molecule has 1 fully saturated rings. The van der Waals surface area contributed by atoms with Gasteiger partial charge in [0, 0.05) is 0 Å². The first-order valence-corrected chi connectivity index (χ1v) is 14.8. The molecule has 1 heterocycles. The van der Waals surface area contributed by atoms with Crippen LogP contribution in [0.5, 0.6) is 0 Å². The Morgan fingerprint density at radius 3 is 1.32 bits per heavy atom. The van der Waals surface area contributed by atoms with Crippen LogP contribution in [0.3, 0.4) is 0 Å². The van der Waals surface area contributed by atoms with E-state index in [4.69, 9.17) is 17.8 Å². The van der Waals surface area contributed by atoms with Crippen LogP contribution in [0.25, 0.3) is 0 Å². The minimum absolute atomic E-state index is 0.382. The fourth-order valence-electron chi connectivity index (χ4n) is 3.68. The lowest BCUT2D eigenvalue weighted by atomic mass is 9.92. The first-order valence-electron chi connectivity index (χ1n) is 11.2. The van der Waals surface area contributed by atoms with Crippen molar-refractivity contribution in [3.05, 3.63) is 0 Å². The molecule has 1 aliphatic heterocycles. The molecule has 0 bridgehead atoms. The highest BCUT2D eigenvalue weighted by Crippen LogP contribution is 2.37. The Kier molecular flexibility index (Phi) is 10.9. The Morgan fingerprint density at radius 1 is 0.742 bits per heavy atom. The second-order valence-electron chi connectivity index (χ2n) is 9.42. The summed E-state index contributed by atoms with van der Waals surface area (Å²) in [7, 11) is -7.52. The van der Waals surface area contributed by atoms with Gasteiger partial charge in [-0.05, 0) is 51.4 Å². The zero-order chi connectivity index (χ0) is 24.0. The highest BCUT2D eigenvalue weighted by molar-refractivity contribution is 7.86. The largest absolute Gasteiger partial charge is 0.342 e. The highest BCUT2D eigenvalue weighted by Gasteiger charge is 2.50. The van der Waals surface area contributed by atoms with Crippen LogP contribution in [0.4, 0.5) is 0 Å². The minimum atomic E-state index is -3.76. The molecule has 0 radical (unpaired) electrons. The van der Waals surface area contributed by atoms with Crippen molar-refractivity contribution in [3.8, 4) is 0 Å². The first-order chi connectivity index (χ1) is 14.1. The van der Waals surface area contributed by atoms with E-state index in [0.29, 0.717) is 24.7 Å². The SMILES string of the molecule is CC[C@H](C)CC[C@@H](OS(C)(=O)=O)[C@H]1OC(C)(C)O[C@@H]1[C@@H](CC[C@@H](C)CC)OS(C)(=O)=O. The van der Waals surface area contributed by atoms with Gasteiger partial charge in [0.2, 0.25) is 0 Å². The third-order valence-corrected chi connectivity index (χ3v) is 6.97. The maximum Gasteiger partial charge on any atom is 0.264 e. The van der Waals surface area contributed by atoms with Crippen LogP contribution in [-0.2, 0) is 38.1 Å². The van der Waals surface area contributed by atoms with Gasteiger partial charge in [-0.25, -0.2) is 0 Å². The standard InChI is InChI=1S/C21H42O8S2/c1-9-15(3)11-13-17(28-30(7,22)23)19-20(27-21(5,6)26-19)18(29-31(8,24)25)14-12-16(4)10-2/h15-20H,9-14H2,1-8H3/t15-,16-,17+,18+,19+,20+/m0/s1. The molecule has 0 amide bonds. The topological polar surface area (TPSA) is 105 Å². The van der Waals surface area contributed by atoms with Crippen LogP contribution in [0.2, 0.25) is 0 Å². The van der Waals surface area contributed by atoms with E-state index in [-0.39, 0.29) is 0 Å². The Balaban J connectivity index is 3.24. The van der Waals surface area contributed by atoms with E-state index in [1.807, 2.05) is 0 Å². The zero-order valence-electron chi connectivity index (χ0n) is 20.3. The average molecular weight is 487 g/mol. The lowest BCUT2D eigenvalue weighted by molar-refractivity contribution is -0.158. The Labute approximate surface area is 189 Å². The van der Waals surface area contributed by atoms with Gasteiger partial charge < -0.3 is 9.47 Å². The molecule has 0 aromatic carbocycles. The summed E-state index contributed by atoms with van der Waals surface area (Å²) < 4.78 is 71.0. The van der Waals surface area contributed by atoms with Crippen LogP contribution in [0.15, 0.2) is 0 Å². The van der Waals surface area contributed by atoms with Crippen molar-refractivity contribution >= 4 is 20.2 Å². The molecule has 0 spiro atoms. The summed E-state index contributed by atoms with van der Waals surface area (Å²) in [5.74, 6) is -0.263. The summed E-state index contributed by atoms with van der Waals surface area (Å²) in [4.78, 5) is 0. The fraction of sp³-hybridized carbons (Fsp3) is 1.00. The van der Waals surface area contributed by atoms with E-state index in [1.165, 1.54) is 0 Å². The van der Waals surface area contributed by atoms with Crippen LogP contribution in [-0.4, -0.2) is 59.6 Å². The fourth-order valence-corrected chi connectivity index (χ4v) is 4.99. The van der Waals surface area contributed by atoms with Crippen LogP contribution >= 0.6 is 0 Å². The van der Waals surface area contributed by atoms with Gasteiger partial charge >= 0.3 is 0 Å². The lowest BCUT2D eigenvalue weighted by Crippen LogP contribution is -2.46. The molecule has 8 nitrogen and oxygen atoms in total. The molecule has 0 aromatic rings. The molecule has 186 valence electrons. The van der Waals surface area contributed by atoms with E-state index in [1.54, 1.807) is 13.8 Å². The quantitative estimate of drug-likeness (QED) is 0.341. The van der Waals surface area contributed by atoms with Gasteiger partial charge in [0.15, 0.2) is 5.79 Å². The smallest absolute Gasteiger partial charge is 0.264 e. The molecule has 1 saturated heterocycles. The molecule has 0 saturated carbocycles. The summed E-state index contributed by atoms with van der Waals surface area (Å²) in [6, 6.07) is 0. The predicted molar refractivity (Wildman–Crippen MR) is 121 cm³/mol. The summed E-state index contributed by atoms with van der Waals surface area (Å²) in [6.07, 6.45) is 3.14. The van der Waals surface area contributed by atoms with Gasteiger partial charge in [-0.1, -0.05) is 40.5 Å². The molecule has 6 atom stereocenters. The summed E-state index contributed by atoms with van der Waals surface area (Å²) in [5.41, 5.74) is 0. The summed E-state index contributed by atoms with van der Waals surface area (Å²) >= 11 is 0. The number of hydrogen-bond acceptors (Lipinski definition) is 8. The van der Waals surface area contributed by atoms with Crippen molar-refractivity contribution in [2.24, 2.45) is 11.8 Å². The average Bonchev–Trinajstić information content (AvgIpc) is 2.95. The Hall–Kier alpha value is -0.260.